The predicted octanol–water partition coefficient (Wildman–Crippen LogP) is 5.59. The van der Waals surface area contributed by atoms with Crippen molar-refractivity contribution in [2.75, 3.05) is 0 Å². The highest BCUT2D eigenvalue weighted by Crippen LogP contribution is 1.88. The first kappa shape index (κ1) is 18.5. The third kappa shape index (κ3) is 79.6. The Bertz CT molecular complexity index is 54.4. The van der Waals surface area contributed by atoms with Gasteiger partial charge in [-0.3, -0.25) is 0 Å². The molecule has 0 aliphatic rings. The van der Waals surface area contributed by atoms with Gasteiger partial charge in [-0.2, -0.15) is 0 Å². The summed E-state index contributed by atoms with van der Waals surface area (Å²) in [5.41, 5.74) is 0. The van der Waals surface area contributed by atoms with Crippen LogP contribution in [0.5, 0.6) is 0 Å². The van der Waals surface area contributed by atoms with Crippen molar-refractivity contribution in [3.05, 3.63) is 12.2 Å². The van der Waals surface area contributed by atoms with E-state index in [1.807, 2.05) is 26.0 Å². The maximum Gasteiger partial charge on any atom is -0.0470 e. The Morgan fingerprint density at radius 2 is 0.923 bits per heavy atom. The van der Waals surface area contributed by atoms with E-state index in [2.05, 4.69) is 27.7 Å². The molecule has 0 spiro atoms. The SMILES string of the molecule is CC=CC.CCCC.CCCCC. The molecule has 0 radical (unpaired) electrons. The van der Waals surface area contributed by atoms with Gasteiger partial charge in [-0.15, -0.1) is 0 Å². The molecule has 0 amide bonds. The zero-order chi connectivity index (χ0) is 10.9. The third-order valence-electron chi connectivity index (χ3n) is 1.54. The average molecular weight is 186 g/mol. The second-order valence-corrected chi connectivity index (χ2v) is 3.02. The standard InChI is InChI=1S/C5H12.C4H10.C4H8/c1-3-5-4-2;2*1-3-4-2/h3-5H2,1-2H3;3-4H2,1-2H3;3-4H,1-2H3. The normalized spacial score (nSPS) is 8.46. The average Bonchev–Trinajstić information content (AvgIpc) is 2.20. The van der Waals surface area contributed by atoms with Crippen molar-refractivity contribution in [1.29, 1.82) is 0 Å². The van der Waals surface area contributed by atoms with Gasteiger partial charge in [0.25, 0.3) is 0 Å². The van der Waals surface area contributed by atoms with Gasteiger partial charge >= 0.3 is 0 Å². The number of unbranched alkanes of at least 4 members (excludes halogenated alkanes) is 3. The summed E-state index contributed by atoms with van der Waals surface area (Å²) in [6.45, 7) is 12.8. The van der Waals surface area contributed by atoms with Gasteiger partial charge < -0.3 is 0 Å². The lowest BCUT2D eigenvalue weighted by Crippen LogP contribution is -1.59. The molecule has 0 atom stereocenters. The molecule has 0 nitrogen and oxygen atoms in total. The molecule has 0 saturated carbocycles. The lowest BCUT2D eigenvalue weighted by Gasteiger charge is -1.79. The smallest absolute Gasteiger partial charge is 0.0470 e. The summed E-state index contributed by atoms with van der Waals surface area (Å²) in [6.07, 6.45) is 10.7. The van der Waals surface area contributed by atoms with Crippen LogP contribution in [-0.4, -0.2) is 0 Å². The van der Waals surface area contributed by atoms with Crippen molar-refractivity contribution in [2.24, 2.45) is 0 Å². The summed E-state index contributed by atoms with van der Waals surface area (Å²) in [6, 6.07) is 0. The minimum absolute atomic E-state index is 1.32. The minimum atomic E-state index is 1.32. The summed E-state index contributed by atoms with van der Waals surface area (Å²) in [5.74, 6) is 0. The van der Waals surface area contributed by atoms with E-state index in [1.165, 1.54) is 32.1 Å². The molecule has 0 heteroatoms. The van der Waals surface area contributed by atoms with E-state index in [1.54, 1.807) is 0 Å². The van der Waals surface area contributed by atoms with Gasteiger partial charge in [-0.05, 0) is 13.8 Å². The largest absolute Gasteiger partial charge is 0.0919 e. The van der Waals surface area contributed by atoms with E-state index in [-0.39, 0.29) is 0 Å². The number of allylic oxidation sites excluding steroid dienone is 2. The van der Waals surface area contributed by atoms with Gasteiger partial charge in [-0.25, -0.2) is 0 Å². The number of hydrogen-bond donors (Lipinski definition) is 0. The van der Waals surface area contributed by atoms with E-state index in [0.29, 0.717) is 0 Å². The van der Waals surface area contributed by atoms with E-state index in [9.17, 15) is 0 Å². The molecule has 13 heavy (non-hydrogen) atoms. The van der Waals surface area contributed by atoms with Gasteiger partial charge in [-0.1, -0.05) is 72.0 Å². The van der Waals surface area contributed by atoms with Gasteiger partial charge in [0, 0.05) is 0 Å². The molecule has 0 unspecified atom stereocenters. The topological polar surface area (TPSA) is 0 Å². The zero-order valence-corrected chi connectivity index (χ0v) is 10.7. The Kier molecular flexibility index (Phi) is 42.4. The van der Waals surface area contributed by atoms with Gasteiger partial charge in [0.1, 0.15) is 0 Å². The van der Waals surface area contributed by atoms with Crippen LogP contribution in [0.25, 0.3) is 0 Å². The molecule has 0 aromatic heterocycles. The molecule has 0 N–H and O–H groups in total. The highest BCUT2D eigenvalue weighted by molar-refractivity contribution is 4.68. The van der Waals surface area contributed by atoms with Crippen molar-refractivity contribution in [3.8, 4) is 0 Å². The molecule has 0 heterocycles. The fourth-order valence-corrected chi connectivity index (χ4v) is 0.354. The molecular weight excluding hydrogens is 156 g/mol. The lowest BCUT2D eigenvalue weighted by atomic mass is 10.3. The van der Waals surface area contributed by atoms with Crippen LogP contribution >= 0.6 is 0 Å². The van der Waals surface area contributed by atoms with E-state index < -0.39 is 0 Å². The van der Waals surface area contributed by atoms with Crippen molar-refractivity contribution in [1.82, 2.24) is 0 Å². The molecule has 0 aromatic rings. The molecule has 0 aliphatic carbocycles. The van der Waals surface area contributed by atoms with Crippen molar-refractivity contribution < 1.29 is 0 Å². The Balaban J connectivity index is -0.000000117. The van der Waals surface area contributed by atoms with E-state index in [4.69, 9.17) is 0 Å². The second kappa shape index (κ2) is 29.8. The summed E-state index contributed by atoms with van der Waals surface area (Å²) < 4.78 is 0. The summed E-state index contributed by atoms with van der Waals surface area (Å²) >= 11 is 0. The van der Waals surface area contributed by atoms with Gasteiger partial charge in [0.05, 0.1) is 0 Å². The quantitative estimate of drug-likeness (QED) is 0.504. The number of hydrogen-bond acceptors (Lipinski definition) is 0. The van der Waals surface area contributed by atoms with Gasteiger partial charge in [0.15, 0.2) is 0 Å². The van der Waals surface area contributed by atoms with Crippen LogP contribution in [0.1, 0.15) is 73.6 Å². The molecule has 0 aliphatic heterocycles. The Morgan fingerprint density at radius 3 is 0.923 bits per heavy atom. The highest BCUT2D eigenvalue weighted by atomic mass is 13.7. The van der Waals surface area contributed by atoms with Crippen LogP contribution in [0, 0.1) is 0 Å². The summed E-state index contributed by atoms with van der Waals surface area (Å²) in [4.78, 5) is 0. The van der Waals surface area contributed by atoms with Crippen molar-refractivity contribution in [3.63, 3.8) is 0 Å². The Labute approximate surface area is 86.4 Å². The first-order valence-corrected chi connectivity index (χ1v) is 5.82. The predicted molar refractivity (Wildman–Crippen MR) is 66.3 cm³/mol. The number of rotatable bonds is 3. The van der Waals surface area contributed by atoms with Crippen molar-refractivity contribution >= 4 is 0 Å². The maximum atomic E-state index is 2.21. The van der Waals surface area contributed by atoms with Crippen LogP contribution in [0.2, 0.25) is 0 Å². The van der Waals surface area contributed by atoms with Crippen LogP contribution in [-0.2, 0) is 0 Å². The highest BCUT2D eigenvalue weighted by Gasteiger charge is 1.68. The van der Waals surface area contributed by atoms with Crippen LogP contribution in [0.4, 0.5) is 0 Å². The monoisotopic (exact) mass is 186 g/mol. The van der Waals surface area contributed by atoms with E-state index >= 15 is 0 Å². The first-order valence-electron chi connectivity index (χ1n) is 5.82. The summed E-state index contributed by atoms with van der Waals surface area (Å²) in [7, 11) is 0. The van der Waals surface area contributed by atoms with Crippen LogP contribution < -0.4 is 0 Å². The lowest BCUT2D eigenvalue weighted by molar-refractivity contribution is 0.772. The van der Waals surface area contributed by atoms with Crippen LogP contribution in [0.15, 0.2) is 12.2 Å². The fraction of sp³-hybridized carbons (Fsp3) is 0.846. The van der Waals surface area contributed by atoms with Gasteiger partial charge in [0.2, 0.25) is 0 Å². The molecule has 0 bridgehead atoms. The van der Waals surface area contributed by atoms with Crippen LogP contribution in [0.3, 0.4) is 0 Å². The molecule has 0 aromatic carbocycles. The molecule has 82 valence electrons. The molecule has 0 saturated heterocycles. The molecular formula is C13H30. The van der Waals surface area contributed by atoms with E-state index in [0.717, 1.165) is 0 Å². The first-order chi connectivity index (χ1) is 6.24. The minimum Gasteiger partial charge on any atom is -0.0919 e. The fourth-order valence-electron chi connectivity index (χ4n) is 0.354. The Hall–Kier alpha value is -0.260. The maximum absolute atomic E-state index is 2.21. The summed E-state index contributed by atoms with van der Waals surface area (Å²) in [5, 5.41) is 0. The zero-order valence-electron chi connectivity index (χ0n) is 10.7. The molecule has 0 rings (SSSR count). The molecule has 0 fully saturated rings. The third-order valence-corrected chi connectivity index (χ3v) is 1.54. The second-order valence-electron chi connectivity index (χ2n) is 3.02. The Morgan fingerprint density at radius 1 is 0.615 bits per heavy atom. The van der Waals surface area contributed by atoms with Crippen molar-refractivity contribution in [2.45, 2.75) is 73.6 Å².